The molecule has 0 aliphatic heterocycles. The molecule has 0 fully saturated rings. The predicted molar refractivity (Wildman–Crippen MR) is 61.4 cm³/mol. The number of alkyl halides is 3. The molecular formula is C11H13F4N3. The Morgan fingerprint density at radius 1 is 1.39 bits per heavy atom. The Bertz CT molecular complexity index is 442. The van der Waals surface area contributed by atoms with E-state index >= 15 is 0 Å². The number of anilines is 1. The Labute approximate surface area is 102 Å². The Morgan fingerprint density at radius 3 is 2.39 bits per heavy atom. The lowest BCUT2D eigenvalue weighted by molar-refractivity contribution is -0.119. The largest absolute Gasteiger partial charge is 0.405 e. The van der Waals surface area contributed by atoms with E-state index in [9.17, 15) is 17.6 Å². The normalized spacial score (nSPS) is 11.4. The quantitative estimate of drug-likeness (QED) is 0.498. The Kier molecular flexibility index (Phi) is 4.15. The summed E-state index contributed by atoms with van der Waals surface area (Å²) in [6.45, 7) is 0.305. The molecule has 0 amide bonds. The smallest absolute Gasteiger partial charge is 0.384 e. The molecule has 0 heterocycles. The highest BCUT2D eigenvalue weighted by Crippen LogP contribution is 2.25. The number of hydrogen-bond acceptors (Lipinski definition) is 2. The molecule has 0 aliphatic rings. The van der Waals surface area contributed by atoms with Gasteiger partial charge in [0, 0.05) is 12.1 Å². The Morgan fingerprint density at radius 2 is 2.00 bits per heavy atom. The van der Waals surface area contributed by atoms with Crippen LogP contribution < -0.4 is 10.6 Å². The SMILES string of the molecule is CCN(CC(F)(F)F)c1ccc(C(=N)N)cc1F. The van der Waals surface area contributed by atoms with Crippen molar-refractivity contribution in [3.63, 3.8) is 0 Å². The van der Waals surface area contributed by atoms with Crippen LogP contribution in [0.25, 0.3) is 0 Å². The molecule has 0 saturated heterocycles. The van der Waals surface area contributed by atoms with Crippen LogP contribution in [0.2, 0.25) is 0 Å². The highest BCUT2D eigenvalue weighted by atomic mass is 19.4. The summed E-state index contributed by atoms with van der Waals surface area (Å²) in [5, 5.41) is 7.12. The van der Waals surface area contributed by atoms with Crippen LogP contribution in [0, 0.1) is 11.2 Å². The molecule has 0 saturated carbocycles. The van der Waals surface area contributed by atoms with E-state index in [1.165, 1.54) is 19.1 Å². The van der Waals surface area contributed by atoms with Crippen molar-refractivity contribution in [1.29, 1.82) is 5.41 Å². The van der Waals surface area contributed by atoms with Gasteiger partial charge in [0.05, 0.1) is 5.69 Å². The first-order chi connectivity index (χ1) is 8.24. The molecule has 18 heavy (non-hydrogen) atoms. The monoisotopic (exact) mass is 263 g/mol. The number of nitrogens with zero attached hydrogens (tertiary/aromatic N) is 1. The fourth-order valence-corrected chi connectivity index (χ4v) is 1.51. The number of benzene rings is 1. The topological polar surface area (TPSA) is 53.1 Å². The van der Waals surface area contributed by atoms with Gasteiger partial charge in [0.15, 0.2) is 0 Å². The van der Waals surface area contributed by atoms with Crippen molar-refractivity contribution in [2.45, 2.75) is 13.1 Å². The lowest BCUT2D eigenvalue weighted by Crippen LogP contribution is -2.34. The van der Waals surface area contributed by atoms with E-state index in [1.54, 1.807) is 0 Å². The lowest BCUT2D eigenvalue weighted by Gasteiger charge is -2.25. The summed E-state index contributed by atoms with van der Waals surface area (Å²) < 4.78 is 50.6. The third-order valence-electron chi connectivity index (χ3n) is 2.35. The first-order valence-corrected chi connectivity index (χ1v) is 5.20. The fourth-order valence-electron chi connectivity index (χ4n) is 1.51. The molecule has 100 valence electrons. The number of nitrogen functional groups attached to an aromatic ring is 1. The van der Waals surface area contributed by atoms with Crippen LogP contribution in [0.5, 0.6) is 0 Å². The molecule has 1 aromatic rings. The average molecular weight is 263 g/mol. The van der Waals surface area contributed by atoms with Crippen LogP contribution in [0.3, 0.4) is 0 Å². The van der Waals surface area contributed by atoms with E-state index in [-0.39, 0.29) is 23.6 Å². The molecule has 1 rings (SSSR count). The summed E-state index contributed by atoms with van der Waals surface area (Å²) >= 11 is 0. The lowest BCUT2D eigenvalue weighted by atomic mass is 10.1. The number of nitrogens with two attached hydrogens (primary N) is 1. The van der Waals surface area contributed by atoms with Gasteiger partial charge >= 0.3 is 6.18 Å². The van der Waals surface area contributed by atoms with Crippen molar-refractivity contribution in [2.24, 2.45) is 5.73 Å². The molecule has 3 nitrogen and oxygen atoms in total. The predicted octanol–water partition coefficient (Wildman–Crippen LogP) is 2.50. The summed E-state index contributed by atoms with van der Waals surface area (Å²) in [6.07, 6.45) is -4.40. The summed E-state index contributed by atoms with van der Waals surface area (Å²) in [4.78, 5) is 0.874. The minimum absolute atomic E-state index is 0.0237. The Balaban J connectivity index is 3.04. The summed E-state index contributed by atoms with van der Waals surface area (Å²) in [6, 6.07) is 3.47. The molecule has 0 aromatic heterocycles. The van der Waals surface area contributed by atoms with Crippen LogP contribution in [0.1, 0.15) is 12.5 Å². The van der Waals surface area contributed by atoms with Crippen molar-refractivity contribution >= 4 is 11.5 Å². The minimum atomic E-state index is -4.40. The van der Waals surface area contributed by atoms with Gasteiger partial charge in [-0.15, -0.1) is 0 Å². The number of halogens is 4. The minimum Gasteiger partial charge on any atom is -0.384 e. The Hall–Kier alpha value is -1.79. The van der Waals surface area contributed by atoms with E-state index in [4.69, 9.17) is 11.1 Å². The second kappa shape index (κ2) is 5.24. The number of nitrogens with one attached hydrogen (secondary N) is 1. The van der Waals surface area contributed by atoms with Crippen LogP contribution in [-0.2, 0) is 0 Å². The van der Waals surface area contributed by atoms with E-state index in [1.807, 2.05) is 0 Å². The van der Waals surface area contributed by atoms with E-state index in [0.717, 1.165) is 11.0 Å². The fraction of sp³-hybridized carbons (Fsp3) is 0.364. The van der Waals surface area contributed by atoms with Crippen LogP contribution in [0.15, 0.2) is 18.2 Å². The van der Waals surface area contributed by atoms with Gasteiger partial charge in [-0.25, -0.2) is 4.39 Å². The molecule has 0 radical (unpaired) electrons. The first-order valence-electron chi connectivity index (χ1n) is 5.20. The van der Waals surface area contributed by atoms with Gasteiger partial charge < -0.3 is 10.6 Å². The molecular weight excluding hydrogens is 250 g/mol. The maximum Gasteiger partial charge on any atom is 0.405 e. The van der Waals surface area contributed by atoms with Crippen molar-refractivity contribution in [2.75, 3.05) is 18.0 Å². The molecule has 0 atom stereocenters. The van der Waals surface area contributed by atoms with Crippen molar-refractivity contribution in [3.8, 4) is 0 Å². The molecule has 7 heteroatoms. The number of rotatable bonds is 4. The van der Waals surface area contributed by atoms with Gasteiger partial charge in [-0.2, -0.15) is 13.2 Å². The van der Waals surface area contributed by atoms with Crippen molar-refractivity contribution < 1.29 is 17.6 Å². The third kappa shape index (κ3) is 3.61. The zero-order chi connectivity index (χ0) is 13.9. The van der Waals surface area contributed by atoms with Gasteiger partial charge in [-0.1, -0.05) is 0 Å². The van der Waals surface area contributed by atoms with Gasteiger partial charge in [-0.05, 0) is 25.1 Å². The van der Waals surface area contributed by atoms with E-state index in [2.05, 4.69) is 0 Å². The zero-order valence-electron chi connectivity index (χ0n) is 9.68. The molecule has 0 bridgehead atoms. The molecule has 0 aliphatic carbocycles. The van der Waals surface area contributed by atoms with E-state index < -0.39 is 18.5 Å². The van der Waals surface area contributed by atoms with Crippen LogP contribution in [0.4, 0.5) is 23.2 Å². The second-order valence-corrected chi connectivity index (χ2v) is 3.71. The highest BCUT2D eigenvalue weighted by Gasteiger charge is 2.31. The maximum atomic E-state index is 13.7. The third-order valence-corrected chi connectivity index (χ3v) is 2.35. The van der Waals surface area contributed by atoms with Crippen LogP contribution >= 0.6 is 0 Å². The number of amidine groups is 1. The molecule has 0 spiro atoms. The van der Waals surface area contributed by atoms with Crippen molar-refractivity contribution in [1.82, 2.24) is 0 Å². The number of hydrogen-bond donors (Lipinski definition) is 2. The maximum absolute atomic E-state index is 13.7. The molecule has 1 aromatic carbocycles. The van der Waals surface area contributed by atoms with Gasteiger partial charge in [-0.3, -0.25) is 5.41 Å². The standard InChI is InChI=1S/C11H13F4N3/c1-2-18(6-11(13,14)15)9-4-3-7(10(16)17)5-8(9)12/h3-5H,2,6H2,1H3,(H3,16,17). The van der Waals surface area contributed by atoms with Crippen molar-refractivity contribution in [3.05, 3.63) is 29.6 Å². The summed E-state index contributed by atoms with van der Waals surface area (Å²) in [5.41, 5.74) is 5.15. The summed E-state index contributed by atoms with van der Waals surface area (Å²) in [5.74, 6) is -1.16. The highest BCUT2D eigenvalue weighted by molar-refractivity contribution is 5.95. The first kappa shape index (κ1) is 14.3. The van der Waals surface area contributed by atoms with Crippen LogP contribution in [-0.4, -0.2) is 25.1 Å². The van der Waals surface area contributed by atoms with Gasteiger partial charge in [0.25, 0.3) is 0 Å². The zero-order valence-corrected chi connectivity index (χ0v) is 9.68. The molecule has 3 N–H and O–H groups in total. The molecule has 0 unspecified atom stereocenters. The van der Waals surface area contributed by atoms with Gasteiger partial charge in [0.1, 0.15) is 18.2 Å². The summed E-state index contributed by atoms with van der Waals surface area (Å²) in [7, 11) is 0. The van der Waals surface area contributed by atoms with Gasteiger partial charge in [0.2, 0.25) is 0 Å². The van der Waals surface area contributed by atoms with E-state index in [0.29, 0.717) is 0 Å². The second-order valence-electron chi connectivity index (χ2n) is 3.71. The average Bonchev–Trinajstić information content (AvgIpc) is 2.24.